The fourth-order valence-corrected chi connectivity index (χ4v) is 6.32. The number of nitrogens with zero attached hydrogens (tertiary/aromatic N) is 5. The van der Waals surface area contributed by atoms with Crippen molar-refractivity contribution in [2.45, 2.75) is 44.8 Å². The number of hydrogen-bond acceptors (Lipinski definition) is 7. The Hall–Kier alpha value is -2.48. The molecule has 0 bridgehead atoms. The van der Waals surface area contributed by atoms with Gasteiger partial charge in [-0.3, -0.25) is 0 Å². The zero-order valence-electron chi connectivity index (χ0n) is 21.1. The summed E-state index contributed by atoms with van der Waals surface area (Å²) in [6.45, 7) is 5.63. The summed E-state index contributed by atoms with van der Waals surface area (Å²) in [5.74, 6) is -2.70. The van der Waals surface area contributed by atoms with E-state index in [1.165, 1.54) is 8.61 Å². The fraction of sp³-hybridized carbons (Fsp3) is 0.583. The first kappa shape index (κ1) is 27.6. The molecule has 0 unspecified atom stereocenters. The molecule has 3 heterocycles. The number of rotatable bonds is 8. The van der Waals surface area contributed by atoms with Crippen molar-refractivity contribution in [3.63, 3.8) is 0 Å². The molecule has 0 spiro atoms. The van der Waals surface area contributed by atoms with Gasteiger partial charge in [-0.25, -0.2) is 23.1 Å². The first-order valence-corrected chi connectivity index (χ1v) is 13.8. The summed E-state index contributed by atoms with van der Waals surface area (Å²) in [6, 6.07) is 0.890. The van der Waals surface area contributed by atoms with E-state index in [1.807, 2.05) is 6.92 Å². The first-order valence-electron chi connectivity index (χ1n) is 12.4. The van der Waals surface area contributed by atoms with Crippen molar-refractivity contribution in [3.05, 3.63) is 47.5 Å². The summed E-state index contributed by atoms with van der Waals surface area (Å²) >= 11 is 0. The lowest BCUT2D eigenvalue weighted by atomic mass is 9.93. The lowest BCUT2D eigenvalue weighted by molar-refractivity contribution is 0.109. The van der Waals surface area contributed by atoms with Crippen LogP contribution in [0.2, 0.25) is 0 Å². The van der Waals surface area contributed by atoms with E-state index >= 15 is 0 Å². The van der Waals surface area contributed by atoms with Gasteiger partial charge >= 0.3 is 0 Å². The summed E-state index contributed by atoms with van der Waals surface area (Å²) in [4.78, 5) is 10.5. The molecule has 2 N–H and O–H groups in total. The van der Waals surface area contributed by atoms with Crippen LogP contribution in [0, 0.1) is 23.4 Å². The van der Waals surface area contributed by atoms with Gasteiger partial charge in [0.15, 0.2) is 17.4 Å². The molecule has 13 heteroatoms. The summed E-state index contributed by atoms with van der Waals surface area (Å²) < 4.78 is 75.3. The van der Waals surface area contributed by atoms with Crippen molar-refractivity contribution >= 4 is 16.2 Å². The molecule has 3 atom stereocenters. The molecule has 1 aromatic carbocycles. The van der Waals surface area contributed by atoms with Gasteiger partial charge in [0.1, 0.15) is 5.82 Å². The molecule has 9 nitrogen and oxygen atoms in total. The van der Waals surface area contributed by atoms with E-state index in [1.54, 1.807) is 31.3 Å². The van der Waals surface area contributed by atoms with E-state index in [0.29, 0.717) is 56.8 Å². The van der Waals surface area contributed by atoms with Crippen LogP contribution in [0.25, 0.3) is 0 Å². The molecule has 0 saturated carbocycles. The number of benzene rings is 1. The maximum atomic E-state index is 14.3. The second-order valence-electron chi connectivity index (χ2n) is 9.66. The Morgan fingerprint density at radius 1 is 1.11 bits per heavy atom. The van der Waals surface area contributed by atoms with Crippen LogP contribution >= 0.6 is 0 Å². The highest BCUT2D eigenvalue weighted by atomic mass is 32.2. The average Bonchev–Trinajstić information content (AvgIpc) is 3.27. The Kier molecular flexibility index (Phi) is 8.26. The second-order valence-corrected chi connectivity index (χ2v) is 11.7. The minimum Gasteiger partial charge on any atom is -0.487 e. The maximum Gasteiger partial charge on any atom is 0.281 e. The number of nitrogens with two attached hydrogens (primary N) is 1. The first-order chi connectivity index (χ1) is 17.5. The summed E-state index contributed by atoms with van der Waals surface area (Å²) in [7, 11) is -1.85. The highest BCUT2D eigenvalue weighted by molar-refractivity contribution is 7.86. The van der Waals surface area contributed by atoms with Crippen molar-refractivity contribution in [2.75, 3.05) is 44.7 Å². The second kappa shape index (κ2) is 11.1. The van der Waals surface area contributed by atoms with Crippen molar-refractivity contribution in [2.24, 2.45) is 11.7 Å². The highest BCUT2D eigenvalue weighted by Gasteiger charge is 2.35. The third-order valence-corrected chi connectivity index (χ3v) is 9.42. The Bertz CT molecular complexity index is 1190. The predicted molar refractivity (Wildman–Crippen MR) is 133 cm³/mol. The monoisotopic (exact) mass is 542 g/mol. The van der Waals surface area contributed by atoms with E-state index in [2.05, 4.69) is 9.97 Å². The van der Waals surface area contributed by atoms with Crippen LogP contribution in [-0.4, -0.2) is 78.9 Å². The van der Waals surface area contributed by atoms with E-state index in [4.69, 9.17) is 10.5 Å². The minimum atomic E-state index is -3.43. The molecule has 2 aliphatic rings. The standard InChI is InChI=1S/C24H33F3N6O3S/c1-4-31(3)37(34,35)33-7-5-16(6-8-33)15(2)36-17-11-29-24(30-12-17)32-13-19(23(28)14-32)18-9-21(26)22(27)10-20(18)25/h9-12,15-16,19,23H,4-8,13-14,28H2,1-3H3/t15-,19+,23-/m0/s1. The SMILES string of the molecule is CCN(C)S(=O)(=O)N1CCC([C@H](C)Oc2cnc(N3C[C@H](c4cc(F)c(F)cc4F)[C@@H](N)C3)nc2)CC1. The van der Waals surface area contributed by atoms with E-state index < -0.39 is 39.6 Å². The number of halogens is 3. The quantitative estimate of drug-likeness (QED) is 0.511. The molecule has 2 aromatic rings. The number of hydrogen-bond donors (Lipinski definition) is 1. The van der Waals surface area contributed by atoms with Crippen LogP contribution in [-0.2, 0) is 10.2 Å². The molecular formula is C24H33F3N6O3S. The van der Waals surface area contributed by atoms with Gasteiger partial charge in [-0.2, -0.15) is 17.0 Å². The van der Waals surface area contributed by atoms with Crippen molar-refractivity contribution in [3.8, 4) is 5.75 Å². The Morgan fingerprint density at radius 2 is 1.73 bits per heavy atom. The lowest BCUT2D eigenvalue weighted by Gasteiger charge is -2.35. The maximum absolute atomic E-state index is 14.3. The van der Waals surface area contributed by atoms with Gasteiger partial charge in [0.2, 0.25) is 5.95 Å². The van der Waals surface area contributed by atoms with E-state index in [9.17, 15) is 21.6 Å². The fourth-order valence-electron chi connectivity index (χ4n) is 4.92. The van der Waals surface area contributed by atoms with E-state index in [-0.39, 0.29) is 24.1 Å². The molecule has 0 aliphatic carbocycles. The minimum absolute atomic E-state index is 0.0304. The highest BCUT2D eigenvalue weighted by Crippen LogP contribution is 2.32. The van der Waals surface area contributed by atoms with Crippen LogP contribution in [0.1, 0.15) is 38.2 Å². The van der Waals surface area contributed by atoms with Crippen molar-refractivity contribution < 1.29 is 26.3 Å². The largest absolute Gasteiger partial charge is 0.487 e. The Balaban J connectivity index is 1.34. The van der Waals surface area contributed by atoms with Gasteiger partial charge in [-0.05, 0) is 37.3 Å². The third kappa shape index (κ3) is 5.84. The normalized spacial score (nSPS) is 22.5. The Morgan fingerprint density at radius 3 is 2.35 bits per heavy atom. The molecule has 2 aliphatic heterocycles. The van der Waals surface area contributed by atoms with E-state index in [0.717, 1.165) is 6.07 Å². The number of anilines is 1. The topological polar surface area (TPSA) is 105 Å². The molecule has 1 aromatic heterocycles. The molecule has 2 fully saturated rings. The lowest BCUT2D eigenvalue weighted by Crippen LogP contribution is -2.47. The predicted octanol–water partition coefficient (Wildman–Crippen LogP) is 2.50. The molecule has 37 heavy (non-hydrogen) atoms. The molecule has 204 valence electrons. The number of aromatic nitrogens is 2. The van der Waals surface area contributed by atoms with Gasteiger partial charge in [-0.1, -0.05) is 6.92 Å². The summed E-state index contributed by atoms with van der Waals surface area (Å²) in [5.41, 5.74) is 6.22. The van der Waals surface area contributed by atoms with Gasteiger partial charge < -0.3 is 15.4 Å². The summed E-state index contributed by atoms with van der Waals surface area (Å²) in [5, 5.41) is 0. The number of ether oxygens (including phenoxy) is 1. The van der Waals surface area contributed by atoms with Gasteiger partial charge in [0.25, 0.3) is 10.2 Å². The molecular weight excluding hydrogens is 509 g/mol. The smallest absolute Gasteiger partial charge is 0.281 e. The van der Waals surface area contributed by atoms with Crippen molar-refractivity contribution in [1.29, 1.82) is 0 Å². The van der Waals surface area contributed by atoms with Crippen LogP contribution in [0.15, 0.2) is 24.5 Å². The van der Waals surface area contributed by atoms with Crippen molar-refractivity contribution in [1.82, 2.24) is 18.6 Å². The molecule has 0 radical (unpaired) electrons. The van der Waals surface area contributed by atoms with Gasteiger partial charge in [0.05, 0.1) is 18.5 Å². The molecule has 0 amide bonds. The van der Waals surface area contributed by atoms with Crippen LogP contribution < -0.4 is 15.4 Å². The molecule has 4 rings (SSSR count). The molecule has 2 saturated heterocycles. The zero-order valence-corrected chi connectivity index (χ0v) is 22.0. The zero-order chi connectivity index (χ0) is 26.9. The van der Waals surface area contributed by atoms with Gasteiger partial charge in [0, 0.05) is 57.8 Å². The Labute approximate surface area is 215 Å². The summed E-state index contributed by atoms with van der Waals surface area (Å²) in [6.07, 6.45) is 4.30. The van der Waals surface area contributed by atoms with Crippen LogP contribution in [0.4, 0.5) is 19.1 Å². The average molecular weight is 543 g/mol. The van der Waals surface area contributed by atoms with Gasteiger partial charge in [-0.15, -0.1) is 0 Å². The van der Waals surface area contributed by atoms with Crippen LogP contribution in [0.3, 0.4) is 0 Å². The number of piperidine rings is 1. The van der Waals surface area contributed by atoms with Crippen LogP contribution in [0.5, 0.6) is 5.75 Å². The third-order valence-electron chi connectivity index (χ3n) is 7.35.